The molecule has 2 aromatic rings. The molecule has 5 heteroatoms. The summed E-state index contributed by atoms with van der Waals surface area (Å²) < 4.78 is 1.79. The van der Waals surface area contributed by atoms with Crippen LogP contribution in [-0.2, 0) is 7.05 Å². The van der Waals surface area contributed by atoms with Gasteiger partial charge in [-0.15, -0.1) is 0 Å². The summed E-state index contributed by atoms with van der Waals surface area (Å²) in [6.07, 6.45) is 2.37. The van der Waals surface area contributed by atoms with Crippen molar-refractivity contribution in [2.45, 2.75) is 32.7 Å². The number of para-hydroxylation sites is 1. The van der Waals surface area contributed by atoms with Gasteiger partial charge >= 0.3 is 0 Å². The Labute approximate surface area is 137 Å². The number of amides is 1. The molecule has 1 amide bonds. The molecule has 1 fully saturated rings. The lowest BCUT2D eigenvalue weighted by molar-refractivity contribution is 0.0781. The van der Waals surface area contributed by atoms with Crippen molar-refractivity contribution in [3.63, 3.8) is 0 Å². The van der Waals surface area contributed by atoms with Gasteiger partial charge in [-0.05, 0) is 24.9 Å². The monoisotopic (exact) mass is 314 g/mol. The van der Waals surface area contributed by atoms with Gasteiger partial charge < -0.3 is 10.2 Å². The number of rotatable bonds is 5. The predicted molar refractivity (Wildman–Crippen MR) is 92.5 cm³/mol. The zero-order valence-electron chi connectivity index (χ0n) is 14.2. The van der Waals surface area contributed by atoms with Crippen molar-refractivity contribution in [1.82, 2.24) is 20.0 Å². The van der Waals surface area contributed by atoms with Crippen molar-refractivity contribution in [2.75, 3.05) is 19.6 Å². The van der Waals surface area contributed by atoms with Gasteiger partial charge in [0.1, 0.15) is 0 Å². The van der Waals surface area contributed by atoms with E-state index in [4.69, 9.17) is 0 Å². The third kappa shape index (κ3) is 3.11. The van der Waals surface area contributed by atoms with Crippen molar-refractivity contribution in [2.24, 2.45) is 13.0 Å². The van der Waals surface area contributed by atoms with E-state index < -0.39 is 0 Å². The fraction of sp³-hybridized carbons (Fsp3) is 0.556. The van der Waals surface area contributed by atoms with Gasteiger partial charge in [0.2, 0.25) is 0 Å². The number of aryl methyl sites for hydroxylation is 1. The lowest BCUT2D eigenvalue weighted by Gasteiger charge is -2.16. The maximum absolute atomic E-state index is 12.9. The highest BCUT2D eigenvalue weighted by Gasteiger charge is 2.33. The topological polar surface area (TPSA) is 50.2 Å². The second-order valence-electron chi connectivity index (χ2n) is 6.59. The summed E-state index contributed by atoms with van der Waals surface area (Å²) in [7, 11) is 1.89. The van der Waals surface area contributed by atoms with E-state index in [0.717, 1.165) is 30.5 Å². The van der Waals surface area contributed by atoms with Crippen LogP contribution in [0.1, 0.15) is 37.2 Å². The zero-order chi connectivity index (χ0) is 16.4. The fourth-order valence-corrected chi connectivity index (χ4v) is 3.38. The van der Waals surface area contributed by atoms with Crippen LogP contribution in [0.5, 0.6) is 0 Å². The Morgan fingerprint density at radius 3 is 2.91 bits per heavy atom. The van der Waals surface area contributed by atoms with Gasteiger partial charge in [0.15, 0.2) is 5.69 Å². The molecule has 2 atom stereocenters. The minimum absolute atomic E-state index is 0.0495. The van der Waals surface area contributed by atoms with Gasteiger partial charge in [0, 0.05) is 31.6 Å². The Balaban J connectivity index is 1.75. The molecule has 0 radical (unpaired) electrons. The Hall–Kier alpha value is -1.88. The number of nitrogens with zero attached hydrogens (tertiary/aromatic N) is 3. The number of hydrogen-bond acceptors (Lipinski definition) is 3. The lowest BCUT2D eigenvalue weighted by Crippen LogP contribution is -2.37. The summed E-state index contributed by atoms with van der Waals surface area (Å²) in [6, 6.07) is 8.31. The smallest absolute Gasteiger partial charge is 0.275 e. The molecule has 2 unspecified atom stereocenters. The van der Waals surface area contributed by atoms with Gasteiger partial charge in [0.25, 0.3) is 5.91 Å². The van der Waals surface area contributed by atoms with E-state index in [0.29, 0.717) is 17.7 Å². The molecule has 23 heavy (non-hydrogen) atoms. The first-order chi connectivity index (χ1) is 11.1. The zero-order valence-corrected chi connectivity index (χ0v) is 14.2. The number of likely N-dealkylation sites (tertiary alicyclic amines) is 1. The summed E-state index contributed by atoms with van der Waals surface area (Å²) in [5, 5.41) is 9.00. The molecule has 5 nitrogen and oxygen atoms in total. The Morgan fingerprint density at radius 2 is 2.13 bits per heavy atom. The fourth-order valence-electron chi connectivity index (χ4n) is 3.38. The van der Waals surface area contributed by atoms with Crippen LogP contribution in [0.15, 0.2) is 24.3 Å². The van der Waals surface area contributed by atoms with E-state index >= 15 is 0 Å². The summed E-state index contributed by atoms with van der Waals surface area (Å²) in [5.41, 5.74) is 1.57. The average Bonchev–Trinajstić information content (AvgIpc) is 3.09. The highest BCUT2D eigenvalue weighted by atomic mass is 16.2. The first-order valence-electron chi connectivity index (χ1n) is 8.56. The first-order valence-corrected chi connectivity index (χ1v) is 8.56. The average molecular weight is 314 g/mol. The summed E-state index contributed by atoms with van der Waals surface area (Å²) in [5.74, 6) is 0.527. The molecule has 0 aliphatic carbocycles. The number of aromatic nitrogens is 2. The van der Waals surface area contributed by atoms with E-state index in [2.05, 4.69) is 24.3 Å². The Kier molecular flexibility index (Phi) is 4.66. The highest BCUT2D eigenvalue weighted by molar-refractivity contribution is 6.04. The lowest BCUT2D eigenvalue weighted by atomic mass is 10.1. The summed E-state index contributed by atoms with van der Waals surface area (Å²) in [6.45, 7) is 7.01. The Bertz CT molecular complexity index is 693. The molecule has 1 N–H and O–H groups in total. The predicted octanol–water partition coefficient (Wildman–Crippen LogP) is 2.42. The van der Waals surface area contributed by atoms with E-state index in [1.54, 1.807) is 4.68 Å². The van der Waals surface area contributed by atoms with Crippen LogP contribution in [0.2, 0.25) is 0 Å². The molecular formula is C18H26N4O. The maximum Gasteiger partial charge on any atom is 0.275 e. The number of carbonyl (C=O) groups excluding carboxylic acids is 1. The van der Waals surface area contributed by atoms with E-state index in [-0.39, 0.29) is 5.91 Å². The minimum atomic E-state index is 0.0495. The molecule has 1 aromatic carbocycles. The quantitative estimate of drug-likeness (QED) is 0.862. The number of unbranched alkanes of at least 4 members (excludes halogenated alkanes) is 1. The van der Waals surface area contributed by atoms with Crippen LogP contribution in [0.4, 0.5) is 0 Å². The van der Waals surface area contributed by atoms with E-state index in [1.165, 1.54) is 12.8 Å². The summed E-state index contributed by atoms with van der Waals surface area (Å²) >= 11 is 0. The van der Waals surface area contributed by atoms with E-state index in [9.17, 15) is 4.79 Å². The molecule has 1 saturated heterocycles. The first kappa shape index (κ1) is 16.0. The molecule has 124 valence electrons. The van der Waals surface area contributed by atoms with E-state index in [1.807, 2.05) is 36.2 Å². The second-order valence-corrected chi connectivity index (χ2v) is 6.59. The molecule has 1 aliphatic rings. The third-order valence-electron chi connectivity index (χ3n) is 4.80. The number of nitrogens with one attached hydrogen (secondary N) is 1. The molecule has 1 aromatic heterocycles. The molecule has 0 bridgehead atoms. The number of fused-ring (bicyclic) bond motifs is 1. The molecular weight excluding hydrogens is 288 g/mol. The van der Waals surface area contributed by atoms with Gasteiger partial charge in [-0.25, -0.2) is 0 Å². The maximum atomic E-state index is 12.9. The van der Waals surface area contributed by atoms with Crippen molar-refractivity contribution < 1.29 is 4.79 Å². The SMILES string of the molecule is CCCCNC1CN(C(=O)c2nn(C)c3ccccc23)CC1C. The van der Waals surface area contributed by atoms with Crippen LogP contribution in [0.3, 0.4) is 0 Å². The van der Waals surface area contributed by atoms with Crippen LogP contribution in [0.25, 0.3) is 10.9 Å². The van der Waals surface area contributed by atoms with Crippen molar-refractivity contribution >= 4 is 16.8 Å². The number of hydrogen-bond donors (Lipinski definition) is 1. The highest BCUT2D eigenvalue weighted by Crippen LogP contribution is 2.23. The molecule has 3 rings (SSSR count). The normalized spacial score (nSPS) is 21.3. The van der Waals surface area contributed by atoms with Crippen molar-refractivity contribution in [3.05, 3.63) is 30.0 Å². The van der Waals surface area contributed by atoms with Crippen LogP contribution < -0.4 is 5.32 Å². The summed E-state index contributed by atoms with van der Waals surface area (Å²) in [4.78, 5) is 14.9. The Morgan fingerprint density at radius 1 is 1.35 bits per heavy atom. The number of carbonyl (C=O) groups is 1. The van der Waals surface area contributed by atoms with Crippen LogP contribution >= 0.6 is 0 Å². The third-order valence-corrected chi connectivity index (χ3v) is 4.80. The van der Waals surface area contributed by atoms with Gasteiger partial charge in [-0.3, -0.25) is 9.48 Å². The number of benzene rings is 1. The van der Waals surface area contributed by atoms with Crippen LogP contribution in [-0.4, -0.2) is 46.3 Å². The molecule has 0 spiro atoms. The standard InChI is InChI=1S/C18H26N4O/c1-4-5-10-19-15-12-22(11-13(15)2)18(23)17-14-8-6-7-9-16(14)21(3)20-17/h6-9,13,15,19H,4-5,10-12H2,1-3H3. The molecule has 1 aliphatic heterocycles. The minimum Gasteiger partial charge on any atom is -0.335 e. The van der Waals surface area contributed by atoms with Gasteiger partial charge in [-0.2, -0.15) is 5.10 Å². The van der Waals surface area contributed by atoms with Gasteiger partial charge in [0.05, 0.1) is 5.52 Å². The van der Waals surface area contributed by atoms with Crippen molar-refractivity contribution in [3.8, 4) is 0 Å². The molecule has 2 heterocycles. The van der Waals surface area contributed by atoms with Gasteiger partial charge in [-0.1, -0.05) is 38.5 Å². The molecule has 0 saturated carbocycles. The van der Waals surface area contributed by atoms with Crippen molar-refractivity contribution in [1.29, 1.82) is 0 Å². The second kappa shape index (κ2) is 6.71. The largest absolute Gasteiger partial charge is 0.335 e. The van der Waals surface area contributed by atoms with Crippen LogP contribution in [0, 0.1) is 5.92 Å².